The van der Waals surface area contributed by atoms with Crippen molar-refractivity contribution >= 4 is 34.6 Å². The van der Waals surface area contributed by atoms with Crippen molar-refractivity contribution < 1.29 is 34.8 Å². The summed E-state index contributed by atoms with van der Waals surface area (Å²) < 4.78 is 0. The molecule has 1 fully saturated rings. The minimum Gasteiger partial charge on any atom is -0.508 e. The van der Waals surface area contributed by atoms with E-state index in [9.17, 15) is 40.2 Å². The Morgan fingerprint density at radius 2 is 1.91 bits per heavy atom. The summed E-state index contributed by atoms with van der Waals surface area (Å²) in [7, 11) is 3.23. The highest BCUT2D eigenvalue weighted by molar-refractivity contribution is 6.22. The fourth-order valence-electron chi connectivity index (χ4n) is 5.09. The smallest absolute Gasteiger partial charge is 0.391 e. The first-order valence-corrected chi connectivity index (χ1v) is 9.83. The van der Waals surface area contributed by atoms with Crippen molar-refractivity contribution in [3.63, 3.8) is 0 Å². The van der Waals surface area contributed by atoms with Gasteiger partial charge in [0.15, 0.2) is 22.1 Å². The van der Waals surface area contributed by atoms with Gasteiger partial charge in [0.1, 0.15) is 17.1 Å². The first-order chi connectivity index (χ1) is 14.9. The minimum atomic E-state index is -2.62. The molecule has 1 amide bonds. The van der Waals surface area contributed by atoms with Gasteiger partial charge in [0.05, 0.1) is 22.9 Å². The molecule has 0 spiro atoms. The van der Waals surface area contributed by atoms with Crippen molar-refractivity contribution in [2.45, 2.75) is 24.9 Å². The number of amides is 1. The standard InChI is InChI=1S/C21H20N4O7/c1-25(2)11-6-10(24-23)9-4-7-3-8-5-12(26)15(20(22)31)19(30)21(8,32)18(29)13(7)17(28)14(9)16(11)27/h6-8,32H,3-5H2,1-2H3,(H4-,22,26,27,28,29,30,31)/p+1/t7?,8?,21-/m0/s1. The number of carbonyl (C=O) groups excluding carboxylic acids is 3. The lowest BCUT2D eigenvalue weighted by atomic mass is 9.59. The van der Waals surface area contributed by atoms with Crippen molar-refractivity contribution in [2.24, 2.45) is 17.6 Å². The zero-order valence-corrected chi connectivity index (χ0v) is 17.3. The van der Waals surface area contributed by atoms with Gasteiger partial charge >= 0.3 is 5.69 Å². The number of nitrogens with two attached hydrogens (primary N) is 1. The van der Waals surface area contributed by atoms with Crippen molar-refractivity contribution in [3.05, 3.63) is 39.1 Å². The molecule has 166 valence electrons. The molecular weight excluding hydrogens is 420 g/mol. The van der Waals surface area contributed by atoms with Crippen LogP contribution in [0.3, 0.4) is 0 Å². The van der Waals surface area contributed by atoms with Gasteiger partial charge in [-0.05, 0) is 18.8 Å². The molecule has 0 aliphatic heterocycles. The van der Waals surface area contributed by atoms with Crippen LogP contribution in [-0.4, -0.2) is 57.6 Å². The largest absolute Gasteiger partial charge is 0.508 e. The van der Waals surface area contributed by atoms with Gasteiger partial charge < -0.3 is 31.1 Å². The van der Waals surface area contributed by atoms with Gasteiger partial charge in [-0.1, -0.05) is 0 Å². The zero-order valence-electron chi connectivity index (χ0n) is 17.3. The topological polar surface area (TPSA) is 190 Å². The monoisotopic (exact) mass is 441 g/mol. The molecule has 6 N–H and O–H groups in total. The van der Waals surface area contributed by atoms with E-state index >= 15 is 0 Å². The summed E-state index contributed by atoms with van der Waals surface area (Å²) >= 11 is 0. The summed E-state index contributed by atoms with van der Waals surface area (Å²) in [5, 5.41) is 53.0. The molecule has 1 aromatic rings. The maximum absolute atomic E-state index is 13.4. The lowest BCUT2D eigenvalue weighted by molar-refractivity contribution is -0.147. The van der Waals surface area contributed by atoms with Gasteiger partial charge in [0.2, 0.25) is 11.2 Å². The van der Waals surface area contributed by atoms with Crippen LogP contribution in [0.25, 0.3) is 10.7 Å². The summed E-state index contributed by atoms with van der Waals surface area (Å²) in [5.41, 5.74) is 1.91. The Kier molecular flexibility index (Phi) is 4.53. The number of hydrogen-bond acceptors (Lipinski definition) is 9. The van der Waals surface area contributed by atoms with E-state index < -0.39 is 58.4 Å². The van der Waals surface area contributed by atoms with Crippen molar-refractivity contribution in [1.82, 2.24) is 0 Å². The quantitative estimate of drug-likeness (QED) is 0.329. The molecule has 3 aliphatic carbocycles. The normalized spacial score (nSPS) is 26.8. The van der Waals surface area contributed by atoms with Crippen LogP contribution < -0.4 is 10.6 Å². The average molecular weight is 441 g/mol. The average Bonchev–Trinajstić information content (AvgIpc) is 2.70. The molecule has 0 aromatic heterocycles. The Labute approximate surface area is 181 Å². The number of primary amides is 1. The second kappa shape index (κ2) is 6.80. The molecule has 3 aliphatic rings. The molecule has 2 unspecified atom stereocenters. The lowest BCUT2D eigenvalue weighted by Gasteiger charge is -2.45. The molecule has 0 heterocycles. The van der Waals surface area contributed by atoms with Gasteiger partial charge in [-0.25, -0.2) is 0 Å². The van der Waals surface area contributed by atoms with Gasteiger partial charge in [-0.2, -0.15) is 0 Å². The first kappa shape index (κ1) is 21.3. The third kappa shape index (κ3) is 2.56. The van der Waals surface area contributed by atoms with E-state index in [-0.39, 0.29) is 41.1 Å². The van der Waals surface area contributed by atoms with E-state index in [0.717, 1.165) is 0 Å². The number of nitrogens with zero attached hydrogens (tertiary/aromatic N) is 3. The number of aliphatic hydroxyl groups is 3. The van der Waals surface area contributed by atoms with E-state index in [1.165, 1.54) is 11.0 Å². The number of fused-ring (bicyclic) bond motifs is 3. The van der Waals surface area contributed by atoms with Crippen LogP contribution in [-0.2, 0) is 20.8 Å². The van der Waals surface area contributed by atoms with Gasteiger partial charge in [-0.3, -0.25) is 14.4 Å². The van der Waals surface area contributed by atoms with E-state index in [4.69, 9.17) is 5.73 Å². The van der Waals surface area contributed by atoms with Crippen LogP contribution in [0.1, 0.15) is 24.0 Å². The van der Waals surface area contributed by atoms with Crippen molar-refractivity contribution in [2.75, 3.05) is 19.0 Å². The fourth-order valence-corrected chi connectivity index (χ4v) is 5.09. The minimum absolute atomic E-state index is 0.00395. The highest BCUT2D eigenvalue weighted by Gasteiger charge is 2.60. The second-order valence-electron chi connectivity index (χ2n) is 8.52. The van der Waals surface area contributed by atoms with E-state index in [2.05, 4.69) is 4.98 Å². The third-order valence-corrected chi connectivity index (χ3v) is 6.61. The van der Waals surface area contributed by atoms with Crippen LogP contribution >= 0.6 is 0 Å². The molecule has 11 heteroatoms. The highest BCUT2D eigenvalue weighted by Crippen LogP contribution is 2.54. The summed E-state index contributed by atoms with van der Waals surface area (Å²) in [5.74, 6) is -7.02. The van der Waals surface area contributed by atoms with Crippen LogP contribution in [0.5, 0.6) is 5.75 Å². The summed E-state index contributed by atoms with van der Waals surface area (Å²) in [4.78, 5) is 42.2. The number of rotatable bonds is 2. The maximum atomic E-state index is 13.4. The molecule has 1 saturated carbocycles. The SMILES string of the molecule is CN(C)c1cc([N+]#N)c2c(c1O)C(O)=C1C(=O)[C@]3(O)C(O)=C(C(N)=O)C(=O)CC3CC1C2. The Balaban J connectivity index is 1.98. The van der Waals surface area contributed by atoms with E-state index in [1.807, 2.05) is 0 Å². The second-order valence-corrected chi connectivity index (χ2v) is 8.52. The number of anilines is 1. The Morgan fingerprint density at radius 1 is 1.25 bits per heavy atom. The van der Waals surface area contributed by atoms with Gasteiger partial charge in [0, 0.05) is 32.0 Å². The lowest BCUT2D eigenvalue weighted by Crippen LogP contribution is -2.58. The predicted octanol–water partition coefficient (Wildman–Crippen LogP) is 0.974. The maximum Gasteiger partial charge on any atom is 0.391 e. The van der Waals surface area contributed by atoms with Crippen LogP contribution in [0.15, 0.2) is 23.0 Å². The molecule has 4 rings (SSSR count). The molecule has 11 nitrogen and oxygen atoms in total. The fraction of sp³-hybridized carbons (Fsp3) is 0.381. The highest BCUT2D eigenvalue weighted by atomic mass is 16.3. The number of diazo groups is 1. The van der Waals surface area contributed by atoms with Crippen LogP contribution in [0, 0.1) is 17.2 Å². The van der Waals surface area contributed by atoms with Gasteiger partial charge in [0.25, 0.3) is 5.91 Å². The number of phenolic OH excluding ortho intramolecular Hbond substituents is 1. The molecule has 3 atom stereocenters. The molecule has 1 aromatic carbocycles. The van der Waals surface area contributed by atoms with E-state index in [0.29, 0.717) is 5.56 Å². The van der Waals surface area contributed by atoms with Gasteiger partial charge in [-0.15, -0.1) is 0 Å². The molecule has 0 saturated heterocycles. The number of aliphatic hydroxyl groups excluding tert-OH is 2. The summed E-state index contributed by atoms with van der Waals surface area (Å²) in [6, 6.07) is 1.42. The zero-order chi connectivity index (χ0) is 23.7. The van der Waals surface area contributed by atoms with Crippen LogP contribution in [0.4, 0.5) is 11.4 Å². The molecule has 32 heavy (non-hydrogen) atoms. The Hall–Kier alpha value is -3.91. The number of hydrogen-bond donors (Lipinski definition) is 5. The number of Topliss-reactive ketones (excluding diaryl/α,β-unsaturated/α-hetero) is 2. The third-order valence-electron chi connectivity index (χ3n) is 6.61. The van der Waals surface area contributed by atoms with Crippen molar-refractivity contribution in [3.8, 4) is 5.75 Å². The van der Waals surface area contributed by atoms with E-state index in [1.54, 1.807) is 14.1 Å². The van der Waals surface area contributed by atoms with Crippen LogP contribution in [0.2, 0.25) is 0 Å². The number of phenols is 1. The summed E-state index contributed by atoms with van der Waals surface area (Å²) in [6.07, 6.45) is -0.330. The predicted molar refractivity (Wildman–Crippen MR) is 110 cm³/mol. The van der Waals surface area contributed by atoms with Crippen molar-refractivity contribution in [1.29, 1.82) is 5.39 Å². The number of aromatic hydroxyl groups is 1. The Morgan fingerprint density at radius 3 is 2.47 bits per heavy atom. The molecule has 0 radical (unpaired) electrons. The Bertz CT molecular complexity index is 1220. The first-order valence-electron chi connectivity index (χ1n) is 9.83. The number of ketones is 2. The molecule has 0 bridgehead atoms. The number of carbonyl (C=O) groups is 3. The molecular formula is C21H21N4O7+. The number of benzene rings is 1. The summed E-state index contributed by atoms with van der Waals surface area (Å²) in [6.45, 7) is 0.